The first-order valence-electron chi connectivity index (χ1n) is 4.94. The quantitative estimate of drug-likeness (QED) is 0.492. The van der Waals surface area contributed by atoms with Crippen LogP contribution in [0.1, 0.15) is 0 Å². The Morgan fingerprint density at radius 1 is 1.11 bits per heavy atom. The number of fused-ring (bicyclic) bond motifs is 1. The van der Waals surface area contributed by atoms with Crippen molar-refractivity contribution < 1.29 is 9.47 Å². The van der Waals surface area contributed by atoms with Crippen molar-refractivity contribution in [1.29, 1.82) is 0 Å². The van der Waals surface area contributed by atoms with Gasteiger partial charge in [0.1, 0.15) is 10.5 Å². The Labute approximate surface area is 119 Å². The summed E-state index contributed by atoms with van der Waals surface area (Å²) < 4.78 is 10.5. The van der Waals surface area contributed by atoms with E-state index in [0.717, 1.165) is 10.4 Å². The van der Waals surface area contributed by atoms with Crippen LogP contribution >= 0.6 is 35.0 Å². The number of hydrogen-bond acceptors (Lipinski definition) is 5. The van der Waals surface area contributed by atoms with Crippen LogP contribution in [-0.4, -0.2) is 30.4 Å². The Hall–Kier alpha value is -0.910. The fourth-order valence-electron chi connectivity index (χ4n) is 1.67. The number of thioether (sulfide) groups is 1. The van der Waals surface area contributed by atoms with Crippen molar-refractivity contribution in [2.24, 2.45) is 0 Å². The molecule has 0 N–H and O–H groups in total. The number of nitrogens with zero attached hydrogens (tertiary/aromatic N) is 2. The molecule has 0 radical (unpaired) electrons. The molecule has 0 aliphatic rings. The van der Waals surface area contributed by atoms with E-state index in [2.05, 4.69) is 9.97 Å². The molecule has 0 aliphatic carbocycles. The minimum Gasteiger partial charge on any atom is -0.491 e. The molecule has 1 aromatic carbocycles. The van der Waals surface area contributed by atoms with Gasteiger partial charge in [-0.2, -0.15) is 0 Å². The third-order valence-electron chi connectivity index (χ3n) is 2.39. The summed E-state index contributed by atoms with van der Waals surface area (Å²) in [6.45, 7) is 0. The molecule has 4 nitrogen and oxygen atoms in total. The molecule has 1 aromatic heterocycles. The summed E-state index contributed by atoms with van der Waals surface area (Å²) in [7, 11) is 3.05. The minimum atomic E-state index is 0.162. The second kappa shape index (κ2) is 5.38. The molecule has 0 bridgehead atoms. The van der Waals surface area contributed by atoms with Crippen LogP contribution in [0.4, 0.5) is 0 Å². The Morgan fingerprint density at radius 3 is 2.33 bits per heavy atom. The third-order valence-corrected chi connectivity index (χ3v) is 3.54. The van der Waals surface area contributed by atoms with E-state index in [9.17, 15) is 0 Å². The maximum Gasteiger partial charge on any atom is 0.224 e. The fourth-order valence-corrected chi connectivity index (χ4v) is 2.71. The van der Waals surface area contributed by atoms with Crippen molar-refractivity contribution in [2.45, 2.75) is 5.03 Å². The van der Waals surface area contributed by atoms with E-state index in [1.54, 1.807) is 6.07 Å². The normalized spacial score (nSPS) is 10.7. The van der Waals surface area contributed by atoms with Crippen LogP contribution in [0, 0.1) is 0 Å². The number of ether oxygens (including phenoxy) is 2. The number of hydrogen-bond donors (Lipinski definition) is 0. The molecule has 2 aromatic rings. The lowest BCUT2D eigenvalue weighted by molar-refractivity contribution is 0.358. The molecule has 1 heterocycles. The lowest BCUT2D eigenvalue weighted by atomic mass is 10.2. The highest BCUT2D eigenvalue weighted by Crippen LogP contribution is 2.42. The van der Waals surface area contributed by atoms with Crippen molar-refractivity contribution in [1.82, 2.24) is 9.97 Å². The number of aromatic nitrogens is 2. The molecule has 0 amide bonds. The first-order chi connectivity index (χ1) is 8.62. The zero-order valence-corrected chi connectivity index (χ0v) is 12.3. The largest absolute Gasteiger partial charge is 0.491 e. The second-order valence-corrected chi connectivity index (χ2v) is 4.86. The molecule has 96 valence electrons. The van der Waals surface area contributed by atoms with Gasteiger partial charge in [-0.3, -0.25) is 0 Å². The van der Waals surface area contributed by atoms with Crippen LogP contribution in [0.2, 0.25) is 10.3 Å². The van der Waals surface area contributed by atoms with E-state index < -0.39 is 0 Å². The highest BCUT2D eigenvalue weighted by atomic mass is 35.5. The van der Waals surface area contributed by atoms with E-state index in [-0.39, 0.29) is 5.28 Å². The topological polar surface area (TPSA) is 44.2 Å². The SMILES string of the molecule is COc1c(Cl)cc2c(SC)nc(Cl)nc2c1OC. The first-order valence-corrected chi connectivity index (χ1v) is 6.92. The second-order valence-electron chi connectivity index (χ2n) is 3.32. The summed E-state index contributed by atoms with van der Waals surface area (Å²) in [4.78, 5) is 8.34. The van der Waals surface area contributed by atoms with Crippen molar-refractivity contribution in [3.63, 3.8) is 0 Å². The molecule has 18 heavy (non-hydrogen) atoms. The Bertz CT molecular complexity index is 607. The van der Waals surface area contributed by atoms with E-state index in [0.29, 0.717) is 22.0 Å². The highest BCUT2D eigenvalue weighted by Gasteiger charge is 2.18. The summed E-state index contributed by atoms with van der Waals surface area (Å²) >= 11 is 13.5. The van der Waals surface area contributed by atoms with Crippen molar-refractivity contribution >= 4 is 45.9 Å². The van der Waals surface area contributed by atoms with E-state index in [1.165, 1.54) is 26.0 Å². The van der Waals surface area contributed by atoms with Gasteiger partial charge < -0.3 is 9.47 Å². The van der Waals surface area contributed by atoms with E-state index in [4.69, 9.17) is 32.7 Å². The number of benzene rings is 1. The lowest BCUT2D eigenvalue weighted by Gasteiger charge is -2.13. The van der Waals surface area contributed by atoms with Gasteiger partial charge in [0.15, 0.2) is 11.5 Å². The molecule has 0 fully saturated rings. The predicted octanol–water partition coefficient (Wildman–Crippen LogP) is 3.68. The zero-order chi connectivity index (χ0) is 13.3. The van der Waals surface area contributed by atoms with Gasteiger partial charge in [-0.15, -0.1) is 11.8 Å². The van der Waals surface area contributed by atoms with Crippen LogP contribution in [0.3, 0.4) is 0 Å². The monoisotopic (exact) mass is 304 g/mol. The van der Waals surface area contributed by atoms with Gasteiger partial charge in [-0.25, -0.2) is 9.97 Å². The fraction of sp³-hybridized carbons (Fsp3) is 0.273. The molecule has 0 unspecified atom stereocenters. The summed E-state index contributed by atoms with van der Waals surface area (Å²) in [5.74, 6) is 0.896. The van der Waals surface area contributed by atoms with Gasteiger partial charge in [0.05, 0.1) is 19.2 Å². The summed E-state index contributed by atoms with van der Waals surface area (Å²) in [6.07, 6.45) is 1.91. The number of rotatable bonds is 3. The summed E-state index contributed by atoms with van der Waals surface area (Å²) in [5.41, 5.74) is 0.586. The van der Waals surface area contributed by atoms with Crippen molar-refractivity contribution in [3.8, 4) is 11.5 Å². The maximum absolute atomic E-state index is 6.15. The average molecular weight is 305 g/mol. The molecule has 7 heteroatoms. The van der Waals surface area contributed by atoms with Gasteiger partial charge in [0.25, 0.3) is 0 Å². The predicted molar refractivity (Wildman–Crippen MR) is 74.4 cm³/mol. The Kier molecular flexibility index (Phi) is 4.04. The standard InChI is InChI=1S/C11H10Cl2N2O2S/c1-16-8-6(12)4-5-7(9(8)17-2)14-11(13)15-10(5)18-3/h4H,1-3H3. The average Bonchev–Trinajstić information content (AvgIpc) is 2.36. The van der Waals surface area contributed by atoms with Crippen molar-refractivity contribution in [2.75, 3.05) is 20.5 Å². The van der Waals surface area contributed by atoms with Gasteiger partial charge >= 0.3 is 0 Å². The molecule has 0 spiro atoms. The van der Waals surface area contributed by atoms with Crippen LogP contribution < -0.4 is 9.47 Å². The van der Waals surface area contributed by atoms with Crippen LogP contribution in [0.25, 0.3) is 10.9 Å². The van der Waals surface area contributed by atoms with Gasteiger partial charge in [0.2, 0.25) is 5.28 Å². The number of halogens is 2. The van der Waals surface area contributed by atoms with Gasteiger partial charge in [0, 0.05) is 5.39 Å². The van der Waals surface area contributed by atoms with Crippen LogP contribution in [0.5, 0.6) is 11.5 Å². The van der Waals surface area contributed by atoms with Gasteiger partial charge in [-0.05, 0) is 23.9 Å². The molecule has 0 saturated heterocycles. The smallest absolute Gasteiger partial charge is 0.224 e. The van der Waals surface area contributed by atoms with Crippen molar-refractivity contribution in [3.05, 3.63) is 16.4 Å². The minimum absolute atomic E-state index is 0.162. The third kappa shape index (κ3) is 2.18. The van der Waals surface area contributed by atoms with Crippen LogP contribution in [-0.2, 0) is 0 Å². The lowest BCUT2D eigenvalue weighted by Crippen LogP contribution is -1.97. The first kappa shape index (κ1) is 13.5. The highest BCUT2D eigenvalue weighted by molar-refractivity contribution is 7.98. The van der Waals surface area contributed by atoms with E-state index >= 15 is 0 Å². The molecule has 0 saturated carbocycles. The molecule has 2 rings (SSSR count). The van der Waals surface area contributed by atoms with Gasteiger partial charge in [-0.1, -0.05) is 11.6 Å². The number of methoxy groups -OCH3 is 2. The molecule has 0 atom stereocenters. The summed E-state index contributed by atoms with van der Waals surface area (Å²) in [5, 5.41) is 2.14. The molecule has 0 aliphatic heterocycles. The zero-order valence-electron chi connectivity index (χ0n) is 9.95. The molecular formula is C11H10Cl2N2O2S. The molecular weight excluding hydrogens is 295 g/mol. The summed E-state index contributed by atoms with van der Waals surface area (Å²) in [6, 6.07) is 1.75. The maximum atomic E-state index is 6.15. The Balaban J connectivity index is 2.92. The Morgan fingerprint density at radius 2 is 1.78 bits per heavy atom. The van der Waals surface area contributed by atoms with Crippen LogP contribution in [0.15, 0.2) is 11.1 Å². The van der Waals surface area contributed by atoms with E-state index in [1.807, 2.05) is 6.26 Å².